The molecular weight excluding hydrogens is 240 g/mol. The molecule has 3 heteroatoms. The van der Waals surface area contributed by atoms with Crippen molar-refractivity contribution in [1.29, 1.82) is 0 Å². The molecule has 2 unspecified atom stereocenters. The van der Waals surface area contributed by atoms with Crippen LogP contribution in [0.2, 0.25) is 0 Å². The normalized spacial score (nSPS) is 29.9. The molecular formula is C11H13BrN2. The van der Waals surface area contributed by atoms with Crippen LogP contribution in [0.5, 0.6) is 0 Å². The van der Waals surface area contributed by atoms with Gasteiger partial charge in [-0.15, -0.1) is 0 Å². The molecule has 3 fully saturated rings. The molecule has 0 amide bonds. The van der Waals surface area contributed by atoms with Crippen LogP contribution in [0.3, 0.4) is 0 Å². The fourth-order valence-corrected chi connectivity index (χ4v) is 2.78. The summed E-state index contributed by atoms with van der Waals surface area (Å²) in [7, 11) is 0. The first-order valence-corrected chi connectivity index (χ1v) is 5.87. The molecule has 2 atom stereocenters. The van der Waals surface area contributed by atoms with Crippen molar-refractivity contribution in [3.63, 3.8) is 0 Å². The molecule has 0 aromatic heterocycles. The first-order valence-electron chi connectivity index (χ1n) is 5.08. The molecule has 0 radical (unpaired) electrons. The van der Waals surface area contributed by atoms with Gasteiger partial charge in [-0.3, -0.25) is 0 Å². The van der Waals surface area contributed by atoms with Crippen molar-refractivity contribution in [3.05, 3.63) is 28.7 Å². The van der Waals surface area contributed by atoms with Crippen LogP contribution in [0.15, 0.2) is 28.7 Å². The van der Waals surface area contributed by atoms with E-state index >= 15 is 0 Å². The monoisotopic (exact) mass is 252 g/mol. The lowest BCUT2D eigenvalue weighted by Gasteiger charge is -2.49. The second kappa shape index (κ2) is 3.24. The Labute approximate surface area is 92.4 Å². The Kier molecular flexibility index (Phi) is 2.03. The largest absolute Gasteiger partial charge is 0.368 e. The first-order chi connectivity index (χ1) is 6.81. The molecule has 3 aliphatic heterocycles. The molecule has 0 spiro atoms. The summed E-state index contributed by atoms with van der Waals surface area (Å²) in [6, 6.07) is 10.0. The Bertz CT molecular complexity index is 337. The summed E-state index contributed by atoms with van der Waals surface area (Å²) in [5.74, 6) is 0. The van der Waals surface area contributed by atoms with E-state index in [0.29, 0.717) is 0 Å². The van der Waals surface area contributed by atoms with Gasteiger partial charge in [0, 0.05) is 35.3 Å². The number of piperazine rings is 1. The van der Waals surface area contributed by atoms with Gasteiger partial charge in [0.05, 0.1) is 0 Å². The van der Waals surface area contributed by atoms with Gasteiger partial charge in [-0.25, -0.2) is 0 Å². The van der Waals surface area contributed by atoms with Crippen LogP contribution < -0.4 is 10.2 Å². The molecule has 1 N–H and O–H groups in total. The molecule has 14 heavy (non-hydrogen) atoms. The molecule has 0 saturated carbocycles. The first kappa shape index (κ1) is 8.74. The molecule has 1 aromatic rings. The predicted octanol–water partition coefficient (Wildman–Crippen LogP) is 2.00. The quantitative estimate of drug-likeness (QED) is 0.823. The Hall–Kier alpha value is -0.540. The molecule has 0 aliphatic carbocycles. The number of hydrogen-bond acceptors (Lipinski definition) is 2. The fourth-order valence-electron chi connectivity index (χ4n) is 2.40. The van der Waals surface area contributed by atoms with Crippen LogP contribution in [0.25, 0.3) is 0 Å². The van der Waals surface area contributed by atoms with E-state index < -0.39 is 0 Å². The summed E-state index contributed by atoms with van der Waals surface area (Å²) in [5.41, 5.74) is 1.34. The van der Waals surface area contributed by atoms with Gasteiger partial charge in [-0.05, 0) is 24.6 Å². The van der Waals surface area contributed by atoms with Crippen molar-refractivity contribution < 1.29 is 0 Å². The van der Waals surface area contributed by atoms with Crippen LogP contribution in [0.1, 0.15) is 6.42 Å². The second-order valence-corrected chi connectivity index (χ2v) is 5.10. The third kappa shape index (κ3) is 1.44. The van der Waals surface area contributed by atoms with Gasteiger partial charge in [0.15, 0.2) is 0 Å². The minimum Gasteiger partial charge on any atom is -0.368 e. The van der Waals surface area contributed by atoms with Crippen LogP contribution in [-0.2, 0) is 0 Å². The van der Waals surface area contributed by atoms with Gasteiger partial charge in [0.1, 0.15) is 0 Å². The lowest BCUT2D eigenvalue weighted by Crippen LogP contribution is -2.67. The highest BCUT2D eigenvalue weighted by atomic mass is 79.9. The summed E-state index contributed by atoms with van der Waals surface area (Å²) < 4.78 is 1.17. The van der Waals surface area contributed by atoms with E-state index in [1.54, 1.807) is 0 Å². The minimum absolute atomic E-state index is 0.729. The van der Waals surface area contributed by atoms with E-state index in [1.165, 1.54) is 16.6 Å². The maximum absolute atomic E-state index is 3.54. The van der Waals surface area contributed by atoms with E-state index in [1.807, 2.05) is 0 Å². The highest BCUT2D eigenvalue weighted by Crippen LogP contribution is 2.27. The number of benzene rings is 1. The number of hydrogen-bond donors (Lipinski definition) is 1. The number of anilines is 1. The third-order valence-electron chi connectivity index (χ3n) is 3.10. The molecule has 3 saturated heterocycles. The number of nitrogens with one attached hydrogen (secondary N) is 1. The van der Waals surface area contributed by atoms with Crippen molar-refractivity contribution in [3.8, 4) is 0 Å². The zero-order chi connectivity index (χ0) is 9.54. The maximum Gasteiger partial charge on any atom is 0.0378 e. The van der Waals surface area contributed by atoms with Crippen molar-refractivity contribution in [2.24, 2.45) is 0 Å². The van der Waals surface area contributed by atoms with Crippen molar-refractivity contribution in [1.82, 2.24) is 5.32 Å². The van der Waals surface area contributed by atoms with Gasteiger partial charge >= 0.3 is 0 Å². The standard InChI is InChI=1S/C11H13BrN2/c12-8-2-1-3-11(4-8)14-6-9-5-10(7-14)13-9/h1-4,9-10,13H,5-7H2. The SMILES string of the molecule is Brc1cccc(N2CC3CC(C2)N3)c1. The molecule has 2 bridgehead atoms. The van der Waals surface area contributed by atoms with Gasteiger partial charge in [-0.2, -0.15) is 0 Å². The van der Waals surface area contributed by atoms with Crippen molar-refractivity contribution in [2.45, 2.75) is 18.5 Å². The summed E-state index contributed by atoms with van der Waals surface area (Å²) in [6.45, 7) is 2.32. The number of piperidine rings is 1. The van der Waals surface area contributed by atoms with Crippen LogP contribution >= 0.6 is 15.9 Å². The lowest BCUT2D eigenvalue weighted by atomic mass is 9.91. The van der Waals surface area contributed by atoms with E-state index in [9.17, 15) is 0 Å². The van der Waals surface area contributed by atoms with E-state index in [2.05, 4.69) is 50.4 Å². The summed E-state index contributed by atoms with van der Waals surface area (Å²) in [4.78, 5) is 2.47. The van der Waals surface area contributed by atoms with E-state index in [4.69, 9.17) is 0 Å². The Morgan fingerprint density at radius 2 is 2.00 bits per heavy atom. The molecule has 74 valence electrons. The van der Waals surface area contributed by atoms with Gasteiger partial charge in [0.2, 0.25) is 0 Å². The van der Waals surface area contributed by atoms with E-state index in [-0.39, 0.29) is 0 Å². The average molecular weight is 253 g/mol. The Balaban J connectivity index is 1.82. The molecule has 3 aliphatic rings. The van der Waals surface area contributed by atoms with E-state index in [0.717, 1.165) is 25.2 Å². The highest BCUT2D eigenvalue weighted by Gasteiger charge is 2.36. The lowest BCUT2D eigenvalue weighted by molar-refractivity contribution is 0.226. The highest BCUT2D eigenvalue weighted by molar-refractivity contribution is 9.10. The summed E-state index contributed by atoms with van der Waals surface area (Å²) >= 11 is 3.51. The number of halogens is 1. The molecule has 2 nitrogen and oxygen atoms in total. The van der Waals surface area contributed by atoms with Gasteiger partial charge in [-0.1, -0.05) is 22.0 Å². The summed E-state index contributed by atoms with van der Waals surface area (Å²) in [6.07, 6.45) is 1.37. The second-order valence-electron chi connectivity index (χ2n) is 4.18. The zero-order valence-corrected chi connectivity index (χ0v) is 9.50. The topological polar surface area (TPSA) is 15.3 Å². The molecule has 3 heterocycles. The van der Waals surface area contributed by atoms with Gasteiger partial charge in [0.25, 0.3) is 0 Å². The van der Waals surface area contributed by atoms with Crippen molar-refractivity contribution >= 4 is 21.6 Å². The van der Waals surface area contributed by atoms with Gasteiger partial charge < -0.3 is 10.2 Å². The molecule has 4 rings (SSSR count). The van der Waals surface area contributed by atoms with Crippen LogP contribution in [0, 0.1) is 0 Å². The third-order valence-corrected chi connectivity index (χ3v) is 3.59. The maximum atomic E-state index is 3.54. The number of nitrogens with zero attached hydrogens (tertiary/aromatic N) is 1. The average Bonchev–Trinajstić information content (AvgIpc) is 2.17. The predicted molar refractivity (Wildman–Crippen MR) is 61.7 cm³/mol. The Morgan fingerprint density at radius 1 is 1.29 bits per heavy atom. The van der Waals surface area contributed by atoms with Crippen molar-refractivity contribution in [2.75, 3.05) is 18.0 Å². The number of fused-ring (bicyclic) bond motifs is 2. The summed E-state index contributed by atoms with van der Waals surface area (Å²) in [5, 5.41) is 3.54. The van der Waals surface area contributed by atoms with Crippen LogP contribution in [0.4, 0.5) is 5.69 Å². The zero-order valence-electron chi connectivity index (χ0n) is 7.91. The smallest absolute Gasteiger partial charge is 0.0378 e. The fraction of sp³-hybridized carbons (Fsp3) is 0.455. The van der Waals surface area contributed by atoms with Crippen LogP contribution in [-0.4, -0.2) is 25.2 Å². The molecule has 1 aromatic carbocycles. The number of rotatable bonds is 1. The minimum atomic E-state index is 0.729. The Morgan fingerprint density at radius 3 is 2.64 bits per heavy atom.